The topological polar surface area (TPSA) is 26.6 Å². The van der Waals surface area contributed by atoms with Crippen LogP contribution in [0.3, 0.4) is 0 Å². The van der Waals surface area contributed by atoms with Gasteiger partial charge in [0.15, 0.2) is 0 Å². The Labute approximate surface area is 112 Å². The molecule has 0 saturated carbocycles. The molecule has 4 nitrogen and oxygen atoms in total. The predicted octanol–water partition coefficient (Wildman–Crippen LogP) is 1.90. The monoisotopic (exact) mass is 252 g/mol. The van der Waals surface area contributed by atoms with E-state index in [-0.39, 0.29) is 0 Å². The standard InChI is InChI=1S/C15H16N4/c1-12-9-13(2)19(16-12)15-6-4-5-14(10-15)18-8-7-17(3)11-18/h4-10H,1-3H3. The second kappa shape index (κ2) is 4.39. The van der Waals surface area contributed by atoms with Crippen molar-refractivity contribution < 1.29 is 4.57 Å². The van der Waals surface area contributed by atoms with E-state index in [0.29, 0.717) is 0 Å². The lowest BCUT2D eigenvalue weighted by molar-refractivity contribution is -0.674. The van der Waals surface area contributed by atoms with E-state index in [2.05, 4.69) is 42.6 Å². The lowest BCUT2D eigenvalue weighted by atomic mass is 10.2. The first-order valence-electron chi connectivity index (χ1n) is 6.24. The maximum absolute atomic E-state index is 4.51. The third kappa shape index (κ3) is 2.17. The highest BCUT2D eigenvalue weighted by Gasteiger charge is 2.05. The smallest absolute Gasteiger partial charge is 0.243 e. The zero-order valence-electron chi connectivity index (χ0n) is 11.3. The third-order valence-electron chi connectivity index (χ3n) is 3.07. The van der Waals surface area contributed by atoms with Crippen molar-refractivity contribution in [3.8, 4) is 11.4 Å². The first-order chi connectivity index (χ1) is 9.13. The van der Waals surface area contributed by atoms with Crippen LogP contribution in [0.5, 0.6) is 0 Å². The summed E-state index contributed by atoms with van der Waals surface area (Å²) in [5.41, 5.74) is 4.30. The number of hydrogen-bond acceptors (Lipinski definition) is 1. The van der Waals surface area contributed by atoms with Crippen molar-refractivity contribution in [2.45, 2.75) is 13.8 Å². The molecule has 0 amide bonds. The maximum atomic E-state index is 4.51. The van der Waals surface area contributed by atoms with E-state index in [0.717, 1.165) is 22.8 Å². The highest BCUT2D eigenvalue weighted by molar-refractivity contribution is 5.44. The minimum Gasteiger partial charge on any atom is -0.326 e. The predicted molar refractivity (Wildman–Crippen MR) is 72.4 cm³/mol. The van der Waals surface area contributed by atoms with Crippen molar-refractivity contribution in [2.24, 2.45) is 7.05 Å². The normalized spacial score (nSPS) is 10.9. The molecule has 0 spiro atoms. The van der Waals surface area contributed by atoms with Crippen molar-refractivity contribution in [1.29, 1.82) is 0 Å². The van der Waals surface area contributed by atoms with Gasteiger partial charge in [-0.15, -0.1) is 0 Å². The molecular formula is C15H16N4. The van der Waals surface area contributed by atoms with Gasteiger partial charge in [-0.2, -0.15) is 5.10 Å². The van der Waals surface area contributed by atoms with E-state index in [1.807, 2.05) is 46.2 Å². The third-order valence-corrected chi connectivity index (χ3v) is 3.07. The van der Waals surface area contributed by atoms with Gasteiger partial charge in [0.1, 0.15) is 0 Å². The number of benzene rings is 1. The molecule has 0 aliphatic carbocycles. The molecule has 0 unspecified atom stereocenters. The average Bonchev–Trinajstić information content (AvgIpc) is 2.96. The quantitative estimate of drug-likeness (QED) is 0.505. The summed E-state index contributed by atoms with van der Waals surface area (Å²) in [4.78, 5) is 0. The summed E-state index contributed by atoms with van der Waals surface area (Å²) in [6.45, 7) is 4.07. The Morgan fingerprint density at radius 2 is 1.95 bits per heavy atom. The van der Waals surface area contributed by atoms with E-state index in [1.54, 1.807) is 0 Å². The van der Waals surface area contributed by atoms with Gasteiger partial charge >= 0.3 is 0 Å². The second-order valence-corrected chi connectivity index (χ2v) is 4.74. The molecule has 0 aliphatic heterocycles. The van der Waals surface area contributed by atoms with Crippen molar-refractivity contribution in [1.82, 2.24) is 14.3 Å². The van der Waals surface area contributed by atoms with Gasteiger partial charge in [0, 0.05) is 18.1 Å². The Kier molecular flexibility index (Phi) is 2.71. The molecule has 96 valence electrons. The van der Waals surface area contributed by atoms with Gasteiger partial charge in [-0.25, -0.2) is 4.68 Å². The lowest BCUT2D eigenvalue weighted by Crippen LogP contribution is -2.24. The number of nitrogens with zero attached hydrogens (tertiary/aromatic N) is 4. The highest BCUT2D eigenvalue weighted by atomic mass is 15.3. The minimum absolute atomic E-state index is 1.03. The number of imidazole rings is 1. The van der Waals surface area contributed by atoms with Crippen molar-refractivity contribution in [2.75, 3.05) is 0 Å². The van der Waals surface area contributed by atoms with Gasteiger partial charge in [-0.1, -0.05) is 12.1 Å². The lowest BCUT2D eigenvalue weighted by Gasteiger charge is -2.08. The zero-order valence-corrected chi connectivity index (χ0v) is 11.3. The van der Waals surface area contributed by atoms with Crippen LogP contribution in [0.2, 0.25) is 0 Å². The van der Waals surface area contributed by atoms with Crippen molar-refractivity contribution in [3.05, 3.63) is 60.4 Å². The van der Waals surface area contributed by atoms with E-state index >= 15 is 0 Å². The summed E-state index contributed by atoms with van der Waals surface area (Å²) < 4.78 is 5.83. The fourth-order valence-electron chi connectivity index (χ4n) is 2.21. The summed E-state index contributed by atoms with van der Waals surface area (Å²) in [5.74, 6) is 0. The molecule has 0 radical (unpaired) electrons. The molecule has 0 fully saturated rings. The van der Waals surface area contributed by atoms with Gasteiger partial charge in [-0.05, 0) is 32.0 Å². The average molecular weight is 252 g/mol. The molecule has 2 aromatic heterocycles. The molecule has 3 aromatic rings. The Balaban J connectivity index is 2.07. The number of aryl methyl sites for hydroxylation is 3. The Hall–Kier alpha value is -2.36. The number of aromatic nitrogens is 4. The van der Waals surface area contributed by atoms with Crippen molar-refractivity contribution in [3.63, 3.8) is 0 Å². The first-order valence-corrected chi connectivity index (χ1v) is 6.24. The van der Waals surface area contributed by atoms with Gasteiger partial charge < -0.3 is 9.13 Å². The van der Waals surface area contributed by atoms with Crippen LogP contribution in [0.4, 0.5) is 0 Å². The number of hydrogen-bond donors (Lipinski definition) is 0. The van der Waals surface area contributed by atoms with Gasteiger partial charge in [-0.3, -0.25) is 0 Å². The van der Waals surface area contributed by atoms with Crippen LogP contribution in [0.1, 0.15) is 11.4 Å². The summed E-state index contributed by atoms with van der Waals surface area (Å²) in [5, 5.41) is 4.51. The SMILES string of the molecule is Cc1cc(C)n(-c2cccc(-n3[c-][n+](C)cc3)c2)n1. The van der Waals surface area contributed by atoms with Crippen LogP contribution in [0.15, 0.2) is 42.7 Å². The molecule has 3 rings (SSSR count). The van der Waals surface area contributed by atoms with Crippen LogP contribution < -0.4 is 4.57 Å². The molecule has 2 heterocycles. The molecule has 0 N–H and O–H groups in total. The van der Waals surface area contributed by atoms with Crippen LogP contribution >= 0.6 is 0 Å². The Morgan fingerprint density at radius 3 is 2.58 bits per heavy atom. The highest BCUT2D eigenvalue weighted by Crippen LogP contribution is 2.15. The molecular weight excluding hydrogens is 236 g/mol. The van der Waals surface area contributed by atoms with Gasteiger partial charge in [0.2, 0.25) is 6.33 Å². The van der Waals surface area contributed by atoms with E-state index in [1.165, 1.54) is 0 Å². The second-order valence-electron chi connectivity index (χ2n) is 4.74. The van der Waals surface area contributed by atoms with Crippen LogP contribution in [-0.2, 0) is 7.05 Å². The molecule has 1 aromatic carbocycles. The molecule has 4 heteroatoms. The van der Waals surface area contributed by atoms with E-state index in [9.17, 15) is 0 Å². The maximum Gasteiger partial charge on any atom is 0.243 e. The molecule has 0 bridgehead atoms. The Bertz CT molecular complexity index is 721. The molecule has 19 heavy (non-hydrogen) atoms. The summed E-state index contributed by atoms with van der Waals surface area (Å²) in [7, 11) is 1.96. The van der Waals surface area contributed by atoms with Crippen LogP contribution in [-0.4, -0.2) is 14.3 Å². The summed E-state index contributed by atoms with van der Waals surface area (Å²) in [6, 6.07) is 10.3. The fraction of sp³-hybridized carbons (Fsp3) is 0.200. The summed E-state index contributed by atoms with van der Waals surface area (Å²) >= 11 is 0. The van der Waals surface area contributed by atoms with Crippen LogP contribution in [0.25, 0.3) is 11.4 Å². The molecule has 0 aliphatic rings. The summed E-state index contributed by atoms with van der Waals surface area (Å²) in [6.07, 6.45) is 7.15. The Morgan fingerprint density at radius 1 is 1.16 bits per heavy atom. The van der Waals surface area contributed by atoms with Gasteiger partial charge in [0.25, 0.3) is 0 Å². The minimum atomic E-state index is 1.03. The van der Waals surface area contributed by atoms with Gasteiger partial charge in [0.05, 0.1) is 24.1 Å². The fourth-order valence-corrected chi connectivity index (χ4v) is 2.21. The molecule has 0 saturated heterocycles. The van der Waals surface area contributed by atoms with E-state index in [4.69, 9.17) is 0 Å². The molecule has 0 atom stereocenters. The van der Waals surface area contributed by atoms with E-state index < -0.39 is 0 Å². The van der Waals surface area contributed by atoms with Crippen molar-refractivity contribution >= 4 is 0 Å². The number of rotatable bonds is 2. The zero-order chi connectivity index (χ0) is 13.4. The first kappa shape index (κ1) is 11.7. The van der Waals surface area contributed by atoms with Crippen LogP contribution in [0, 0.1) is 20.2 Å². The largest absolute Gasteiger partial charge is 0.326 e.